The number of fused-ring (bicyclic) bond motifs is 2. The van der Waals surface area contributed by atoms with E-state index in [0.29, 0.717) is 127 Å². The van der Waals surface area contributed by atoms with E-state index in [1.54, 1.807) is 48.5 Å². The van der Waals surface area contributed by atoms with Crippen LogP contribution >= 0.6 is 0 Å². The lowest BCUT2D eigenvalue weighted by molar-refractivity contribution is -0.0187. The smallest absolute Gasteiger partial charge is 0.197 e. The van der Waals surface area contributed by atoms with E-state index in [-0.39, 0.29) is 44.9 Å². The van der Waals surface area contributed by atoms with Crippen molar-refractivity contribution in [1.29, 1.82) is 0 Å². The number of phenols is 4. The van der Waals surface area contributed by atoms with Gasteiger partial charge in [-0.2, -0.15) is 0 Å². The van der Waals surface area contributed by atoms with Crippen molar-refractivity contribution < 1.29 is 67.2 Å². The SMILES string of the molecule is O=c1cc(-c2ccc(OCCOCCOCCOCCOCCOCCOCCOc3ccc(-c4cc(=O)c5c(O)cc(O)cc5o4)cc3)cc2)oc2cc(O)cc(O)c12. The van der Waals surface area contributed by atoms with Crippen molar-refractivity contribution in [3.8, 4) is 57.1 Å². The average molecular weight is 831 g/mol. The third-order valence-electron chi connectivity index (χ3n) is 8.72. The first-order chi connectivity index (χ1) is 29.2. The highest BCUT2D eigenvalue weighted by Gasteiger charge is 2.14. The first-order valence-corrected chi connectivity index (χ1v) is 19.2. The molecule has 16 nitrogen and oxygen atoms in total. The summed E-state index contributed by atoms with van der Waals surface area (Å²) in [6.45, 7) is 5.67. The Hall–Kier alpha value is -6.14. The van der Waals surface area contributed by atoms with Gasteiger partial charge in [-0.3, -0.25) is 9.59 Å². The Balaban J connectivity index is 0.697. The molecule has 0 amide bonds. The summed E-state index contributed by atoms with van der Waals surface area (Å²) in [5.41, 5.74) is 0.605. The van der Waals surface area contributed by atoms with Crippen LogP contribution in [0.4, 0.5) is 0 Å². The van der Waals surface area contributed by atoms with Gasteiger partial charge >= 0.3 is 0 Å². The second-order valence-electron chi connectivity index (χ2n) is 13.0. The van der Waals surface area contributed by atoms with Crippen molar-refractivity contribution in [2.45, 2.75) is 0 Å². The molecule has 0 atom stereocenters. The van der Waals surface area contributed by atoms with E-state index in [4.69, 9.17) is 46.7 Å². The highest BCUT2D eigenvalue weighted by Crippen LogP contribution is 2.32. The van der Waals surface area contributed by atoms with Gasteiger partial charge in [0.25, 0.3) is 0 Å². The van der Waals surface area contributed by atoms with Crippen LogP contribution < -0.4 is 20.3 Å². The standard InChI is InChI=1S/C44H46O16/c45-31-23-35(47)43-37(49)27-39(59-41(43)25-31)29-1-5-33(6-2-29)57-21-19-55-17-15-53-13-11-51-9-10-52-12-14-54-16-18-56-20-22-58-34-7-3-30(4-8-34)40-28-38(50)44-36(48)24-32(46)26-42(44)60-40/h1-8,23-28,45-48H,9-22H2. The van der Waals surface area contributed by atoms with Crippen molar-refractivity contribution in [3.05, 3.63) is 105 Å². The molecule has 2 aromatic heterocycles. The predicted molar refractivity (Wildman–Crippen MR) is 218 cm³/mol. The summed E-state index contributed by atoms with van der Waals surface area (Å²) in [5.74, 6) is 0.723. The lowest BCUT2D eigenvalue weighted by Gasteiger charge is -2.10. The van der Waals surface area contributed by atoms with Gasteiger partial charge in [0.15, 0.2) is 10.9 Å². The maximum atomic E-state index is 12.5. The van der Waals surface area contributed by atoms with E-state index in [0.717, 1.165) is 12.1 Å². The summed E-state index contributed by atoms with van der Waals surface area (Å²) in [5, 5.41) is 39.4. The number of phenolic OH excluding ortho intramolecular Hbond substituents is 4. The lowest BCUT2D eigenvalue weighted by atomic mass is 10.1. The molecule has 318 valence electrons. The predicted octanol–water partition coefficient (Wildman–Crippen LogP) is 5.61. The van der Waals surface area contributed by atoms with E-state index in [9.17, 15) is 30.0 Å². The quantitative estimate of drug-likeness (QED) is 0.0516. The van der Waals surface area contributed by atoms with Gasteiger partial charge in [0, 0.05) is 47.5 Å². The fourth-order valence-corrected chi connectivity index (χ4v) is 5.86. The molecular weight excluding hydrogens is 784 g/mol. The molecule has 6 aromatic rings. The Morgan fingerprint density at radius 2 is 0.683 bits per heavy atom. The van der Waals surface area contributed by atoms with Crippen molar-refractivity contribution in [3.63, 3.8) is 0 Å². The molecule has 0 aliphatic heterocycles. The number of benzene rings is 4. The highest BCUT2D eigenvalue weighted by atomic mass is 16.6. The Labute approximate surface area is 343 Å². The number of ether oxygens (including phenoxy) is 8. The topological polar surface area (TPSA) is 215 Å². The Bertz CT molecular complexity index is 2220. The minimum absolute atomic E-state index is 0.00734. The molecule has 2 heterocycles. The molecule has 0 saturated carbocycles. The number of hydrogen-bond donors (Lipinski definition) is 4. The summed E-state index contributed by atoms with van der Waals surface area (Å²) in [7, 11) is 0. The maximum Gasteiger partial charge on any atom is 0.197 e. The first kappa shape index (κ1) is 43.4. The zero-order valence-electron chi connectivity index (χ0n) is 32.7. The summed E-state index contributed by atoms with van der Waals surface area (Å²) in [6.07, 6.45) is 0. The fraction of sp³-hybridized carbons (Fsp3) is 0.318. The first-order valence-electron chi connectivity index (χ1n) is 19.2. The van der Waals surface area contributed by atoms with Crippen LogP contribution in [0.5, 0.6) is 34.5 Å². The van der Waals surface area contributed by atoms with Gasteiger partial charge in [-0.15, -0.1) is 0 Å². The molecule has 0 radical (unpaired) electrons. The molecule has 0 unspecified atom stereocenters. The molecular formula is C44H46O16. The van der Waals surface area contributed by atoms with E-state index in [1.807, 2.05) is 0 Å². The van der Waals surface area contributed by atoms with E-state index >= 15 is 0 Å². The van der Waals surface area contributed by atoms with E-state index in [2.05, 4.69) is 0 Å². The van der Waals surface area contributed by atoms with Crippen LogP contribution in [-0.4, -0.2) is 113 Å². The lowest BCUT2D eigenvalue weighted by Crippen LogP contribution is -2.15. The fourth-order valence-electron chi connectivity index (χ4n) is 5.86. The van der Waals surface area contributed by atoms with Gasteiger partial charge in [-0.05, 0) is 48.5 Å². The highest BCUT2D eigenvalue weighted by molar-refractivity contribution is 5.87. The van der Waals surface area contributed by atoms with Crippen molar-refractivity contribution in [1.82, 2.24) is 0 Å². The Kier molecular flexibility index (Phi) is 16.1. The molecule has 0 aliphatic rings. The number of hydrogen-bond acceptors (Lipinski definition) is 16. The molecule has 4 N–H and O–H groups in total. The van der Waals surface area contributed by atoms with Crippen molar-refractivity contribution >= 4 is 21.9 Å². The van der Waals surface area contributed by atoms with Crippen LogP contribution in [0.25, 0.3) is 44.6 Å². The molecule has 0 saturated heterocycles. The maximum absolute atomic E-state index is 12.5. The second-order valence-corrected chi connectivity index (χ2v) is 13.0. The molecule has 6 rings (SSSR count). The second kappa shape index (κ2) is 22.3. The van der Waals surface area contributed by atoms with Crippen LogP contribution in [0.2, 0.25) is 0 Å². The summed E-state index contributed by atoms with van der Waals surface area (Å²) < 4.78 is 56.0. The molecule has 0 aliphatic carbocycles. The molecule has 16 heteroatoms. The third kappa shape index (κ3) is 12.7. The Morgan fingerprint density at radius 3 is 1.00 bits per heavy atom. The summed E-state index contributed by atoms with van der Waals surface area (Å²) >= 11 is 0. The normalized spacial score (nSPS) is 11.4. The van der Waals surface area contributed by atoms with Gasteiger partial charge in [-0.1, -0.05) is 0 Å². The zero-order valence-corrected chi connectivity index (χ0v) is 32.7. The molecule has 0 spiro atoms. The van der Waals surface area contributed by atoms with Gasteiger partial charge in [0.05, 0.1) is 79.3 Å². The van der Waals surface area contributed by atoms with Crippen LogP contribution in [0, 0.1) is 0 Å². The minimum Gasteiger partial charge on any atom is -0.508 e. The summed E-state index contributed by atoms with van der Waals surface area (Å²) in [6, 6.07) is 21.3. The molecule has 4 aromatic carbocycles. The number of aromatic hydroxyl groups is 4. The largest absolute Gasteiger partial charge is 0.508 e. The van der Waals surface area contributed by atoms with E-state index < -0.39 is 10.9 Å². The zero-order chi connectivity index (χ0) is 42.1. The monoisotopic (exact) mass is 830 g/mol. The van der Waals surface area contributed by atoms with Crippen molar-refractivity contribution in [2.75, 3.05) is 92.5 Å². The number of rotatable bonds is 25. The van der Waals surface area contributed by atoms with Gasteiger partial charge in [0.1, 0.15) is 81.2 Å². The van der Waals surface area contributed by atoms with Gasteiger partial charge in [-0.25, -0.2) is 0 Å². The van der Waals surface area contributed by atoms with Gasteiger partial charge in [0.2, 0.25) is 0 Å². The van der Waals surface area contributed by atoms with Crippen LogP contribution in [0.3, 0.4) is 0 Å². The Morgan fingerprint density at radius 1 is 0.383 bits per heavy atom. The third-order valence-corrected chi connectivity index (χ3v) is 8.72. The minimum atomic E-state index is -0.418. The average Bonchev–Trinajstić information content (AvgIpc) is 3.22. The van der Waals surface area contributed by atoms with Crippen LogP contribution in [-0.2, 0) is 28.4 Å². The van der Waals surface area contributed by atoms with Gasteiger partial charge < -0.3 is 67.2 Å². The van der Waals surface area contributed by atoms with Crippen molar-refractivity contribution in [2.24, 2.45) is 0 Å². The van der Waals surface area contributed by atoms with Crippen LogP contribution in [0.15, 0.2) is 103 Å². The molecule has 0 fully saturated rings. The van der Waals surface area contributed by atoms with Crippen LogP contribution in [0.1, 0.15) is 0 Å². The molecule has 60 heavy (non-hydrogen) atoms. The molecule has 0 bridgehead atoms. The van der Waals surface area contributed by atoms with E-state index in [1.165, 1.54) is 24.3 Å². The summed E-state index contributed by atoms with van der Waals surface area (Å²) in [4.78, 5) is 24.9.